The Kier molecular flexibility index (Phi) is 4.83. The Bertz CT molecular complexity index is 472. The molecule has 0 bridgehead atoms. The van der Waals surface area contributed by atoms with Gasteiger partial charge >= 0.3 is 0 Å². The van der Waals surface area contributed by atoms with Gasteiger partial charge in [0, 0.05) is 24.8 Å². The van der Waals surface area contributed by atoms with Crippen molar-refractivity contribution in [2.75, 3.05) is 26.6 Å². The zero-order chi connectivity index (χ0) is 14.5. The molecule has 5 nitrogen and oxygen atoms in total. The summed E-state index contributed by atoms with van der Waals surface area (Å²) in [4.78, 5) is 0. The minimum absolute atomic E-state index is 0.205. The van der Waals surface area contributed by atoms with E-state index in [-0.39, 0.29) is 12.9 Å². The van der Waals surface area contributed by atoms with Crippen molar-refractivity contribution in [1.29, 1.82) is 0 Å². The van der Waals surface area contributed by atoms with E-state index in [1.165, 1.54) is 6.42 Å². The van der Waals surface area contributed by atoms with Gasteiger partial charge in [0.25, 0.3) is 0 Å². The van der Waals surface area contributed by atoms with Gasteiger partial charge in [0.05, 0.1) is 6.10 Å². The Hall–Kier alpha value is -1.46. The quantitative estimate of drug-likeness (QED) is 0.873. The molecular weight excluding hydrogens is 270 g/mol. The molecule has 116 valence electrons. The maximum Gasteiger partial charge on any atom is 0.231 e. The van der Waals surface area contributed by atoms with E-state index in [4.69, 9.17) is 18.9 Å². The molecule has 1 aromatic carbocycles. The molecule has 3 rings (SSSR count). The highest BCUT2D eigenvalue weighted by Crippen LogP contribution is 2.38. The van der Waals surface area contributed by atoms with Gasteiger partial charge in [-0.15, -0.1) is 0 Å². The minimum atomic E-state index is 0.205. The molecule has 2 heterocycles. The Morgan fingerprint density at radius 3 is 2.86 bits per heavy atom. The smallest absolute Gasteiger partial charge is 0.231 e. The summed E-state index contributed by atoms with van der Waals surface area (Å²) in [6.45, 7) is 5.49. The Balaban J connectivity index is 1.69. The molecule has 0 amide bonds. The molecule has 1 unspecified atom stereocenters. The van der Waals surface area contributed by atoms with Crippen molar-refractivity contribution in [1.82, 2.24) is 5.32 Å². The van der Waals surface area contributed by atoms with Crippen molar-refractivity contribution in [2.45, 2.75) is 38.8 Å². The van der Waals surface area contributed by atoms with Gasteiger partial charge in [-0.3, -0.25) is 0 Å². The first-order chi connectivity index (χ1) is 10.4. The summed E-state index contributed by atoms with van der Waals surface area (Å²) in [5.74, 6) is 2.41. The van der Waals surface area contributed by atoms with E-state index in [1.54, 1.807) is 0 Å². The monoisotopic (exact) mass is 293 g/mol. The van der Waals surface area contributed by atoms with Gasteiger partial charge in [-0.2, -0.15) is 0 Å². The van der Waals surface area contributed by atoms with Crippen LogP contribution in [0.1, 0.15) is 31.7 Å². The normalized spacial score (nSPS) is 20.5. The number of hydrogen-bond acceptors (Lipinski definition) is 5. The van der Waals surface area contributed by atoms with Gasteiger partial charge in [0.2, 0.25) is 6.79 Å². The van der Waals surface area contributed by atoms with Crippen LogP contribution in [0.15, 0.2) is 12.1 Å². The van der Waals surface area contributed by atoms with E-state index in [0.717, 1.165) is 55.4 Å². The van der Waals surface area contributed by atoms with E-state index in [0.29, 0.717) is 6.61 Å². The van der Waals surface area contributed by atoms with Crippen molar-refractivity contribution < 1.29 is 18.9 Å². The summed E-state index contributed by atoms with van der Waals surface area (Å²) in [6.07, 6.45) is 3.66. The lowest BCUT2D eigenvalue weighted by atomic mass is 10.1. The number of ether oxygens (including phenoxy) is 4. The maximum atomic E-state index is 6.00. The van der Waals surface area contributed by atoms with E-state index in [1.807, 2.05) is 12.1 Å². The first kappa shape index (κ1) is 14.5. The summed E-state index contributed by atoms with van der Waals surface area (Å²) < 4.78 is 22.6. The molecule has 1 aromatic rings. The third kappa shape index (κ3) is 3.60. The number of nitrogens with one attached hydrogen (secondary N) is 1. The molecule has 0 saturated carbocycles. The second-order valence-corrected chi connectivity index (χ2v) is 5.39. The van der Waals surface area contributed by atoms with Gasteiger partial charge in [-0.05, 0) is 31.9 Å². The SMILES string of the molecule is CCNCc1cc2c(cc1OCC1CCCCO1)OCO2. The van der Waals surface area contributed by atoms with Crippen molar-refractivity contribution >= 4 is 0 Å². The van der Waals surface area contributed by atoms with Crippen molar-refractivity contribution in [3.8, 4) is 17.2 Å². The van der Waals surface area contributed by atoms with Crippen LogP contribution in [0.5, 0.6) is 17.2 Å². The van der Waals surface area contributed by atoms with Crippen LogP contribution in [0.3, 0.4) is 0 Å². The van der Waals surface area contributed by atoms with E-state index in [2.05, 4.69) is 12.2 Å². The summed E-state index contributed by atoms with van der Waals surface area (Å²) in [5.41, 5.74) is 1.09. The fourth-order valence-corrected chi connectivity index (χ4v) is 2.62. The zero-order valence-electron chi connectivity index (χ0n) is 12.5. The highest BCUT2D eigenvalue weighted by Gasteiger charge is 2.20. The molecule has 5 heteroatoms. The van der Waals surface area contributed by atoms with Crippen LogP contribution in [-0.2, 0) is 11.3 Å². The first-order valence-electron chi connectivity index (χ1n) is 7.74. The Labute approximate surface area is 125 Å². The second-order valence-electron chi connectivity index (χ2n) is 5.39. The molecule has 1 atom stereocenters. The molecule has 2 aliphatic heterocycles. The topological polar surface area (TPSA) is 49.0 Å². The third-order valence-electron chi connectivity index (χ3n) is 3.82. The predicted molar refractivity (Wildman–Crippen MR) is 79.0 cm³/mol. The second kappa shape index (κ2) is 7.00. The van der Waals surface area contributed by atoms with Crippen molar-refractivity contribution in [3.05, 3.63) is 17.7 Å². The average molecular weight is 293 g/mol. The molecule has 1 saturated heterocycles. The van der Waals surface area contributed by atoms with Gasteiger partial charge in [0.1, 0.15) is 12.4 Å². The molecule has 0 radical (unpaired) electrons. The average Bonchev–Trinajstić information content (AvgIpc) is 2.98. The largest absolute Gasteiger partial charge is 0.490 e. The van der Waals surface area contributed by atoms with Gasteiger partial charge in [-0.1, -0.05) is 6.92 Å². The molecule has 0 aliphatic carbocycles. The fraction of sp³-hybridized carbons (Fsp3) is 0.625. The van der Waals surface area contributed by atoms with Gasteiger partial charge in [-0.25, -0.2) is 0 Å². The summed E-state index contributed by atoms with van der Waals surface area (Å²) >= 11 is 0. The number of benzene rings is 1. The summed E-state index contributed by atoms with van der Waals surface area (Å²) in [7, 11) is 0. The fourth-order valence-electron chi connectivity index (χ4n) is 2.62. The standard InChI is InChI=1S/C16H23NO4/c1-2-17-9-12-7-15-16(21-11-20-15)8-14(12)19-10-13-5-3-4-6-18-13/h7-8,13,17H,2-6,9-11H2,1H3. The number of fused-ring (bicyclic) bond motifs is 1. The molecule has 2 aliphatic rings. The van der Waals surface area contributed by atoms with Crippen LogP contribution in [-0.4, -0.2) is 32.7 Å². The number of hydrogen-bond donors (Lipinski definition) is 1. The lowest BCUT2D eigenvalue weighted by molar-refractivity contribution is -0.0112. The molecular formula is C16H23NO4. The molecule has 1 fully saturated rings. The Morgan fingerprint density at radius 2 is 2.10 bits per heavy atom. The van der Waals surface area contributed by atoms with Crippen LogP contribution in [0.25, 0.3) is 0 Å². The van der Waals surface area contributed by atoms with Crippen LogP contribution in [0.2, 0.25) is 0 Å². The highest BCUT2D eigenvalue weighted by molar-refractivity contribution is 5.51. The van der Waals surface area contributed by atoms with Crippen molar-refractivity contribution in [2.24, 2.45) is 0 Å². The lowest BCUT2D eigenvalue weighted by Gasteiger charge is -2.23. The van der Waals surface area contributed by atoms with E-state index < -0.39 is 0 Å². The van der Waals surface area contributed by atoms with E-state index in [9.17, 15) is 0 Å². The first-order valence-corrected chi connectivity index (χ1v) is 7.74. The van der Waals surface area contributed by atoms with Crippen LogP contribution < -0.4 is 19.5 Å². The Morgan fingerprint density at radius 1 is 1.24 bits per heavy atom. The van der Waals surface area contributed by atoms with E-state index >= 15 is 0 Å². The molecule has 21 heavy (non-hydrogen) atoms. The lowest BCUT2D eigenvalue weighted by Crippen LogP contribution is -2.26. The van der Waals surface area contributed by atoms with Gasteiger partial charge < -0.3 is 24.3 Å². The third-order valence-corrected chi connectivity index (χ3v) is 3.82. The van der Waals surface area contributed by atoms with Crippen LogP contribution in [0, 0.1) is 0 Å². The predicted octanol–water partition coefficient (Wildman–Crippen LogP) is 2.47. The molecule has 1 N–H and O–H groups in total. The van der Waals surface area contributed by atoms with Crippen LogP contribution >= 0.6 is 0 Å². The molecule has 0 aromatic heterocycles. The highest BCUT2D eigenvalue weighted by atomic mass is 16.7. The van der Waals surface area contributed by atoms with Gasteiger partial charge in [0.15, 0.2) is 11.5 Å². The number of rotatable bonds is 6. The zero-order valence-corrected chi connectivity index (χ0v) is 12.5. The summed E-state index contributed by atoms with van der Waals surface area (Å²) in [5, 5.41) is 3.33. The maximum absolute atomic E-state index is 6.00. The van der Waals surface area contributed by atoms with Crippen LogP contribution in [0.4, 0.5) is 0 Å². The minimum Gasteiger partial charge on any atom is -0.490 e. The molecule has 0 spiro atoms. The summed E-state index contributed by atoms with van der Waals surface area (Å²) in [6, 6.07) is 3.93. The van der Waals surface area contributed by atoms with Crippen molar-refractivity contribution in [3.63, 3.8) is 0 Å².